The van der Waals surface area contributed by atoms with E-state index in [1.54, 1.807) is 0 Å². The fourth-order valence-corrected chi connectivity index (χ4v) is 2.79. The van der Waals surface area contributed by atoms with Gasteiger partial charge in [0.05, 0.1) is 21.7 Å². The number of imidazole rings is 1. The summed E-state index contributed by atoms with van der Waals surface area (Å²) >= 11 is 12.6. The summed E-state index contributed by atoms with van der Waals surface area (Å²) in [6.45, 7) is 3.86. The summed E-state index contributed by atoms with van der Waals surface area (Å²) < 4.78 is 1.99. The molecule has 3 rings (SSSR count). The molecule has 0 unspecified atom stereocenters. The molecule has 20 heavy (non-hydrogen) atoms. The zero-order valence-electron chi connectivity index (χ0n) is 11.1. The van der Waals surface area contributed by atoms with Gasteiger partial charge in [-0.2, -0.15) is 0 Å². The third kappa shape index (κ3) is 2.03. The number of aromatic nitrogens is 2. The molecule has 2 aromatic carbocycles. The predicted molar refractivity (Wildman–Crippen MR) is 85.0 cm³/mol. The minimum Gasteiger partial charge on any atom is -0.399 e. The molecule has 0 radical (unpaired) electrons. The predicted octanol–water partition coefficient (Wildman–Crippen LogP) is 4.53. The topological polar surface area (TPSA) is 43.8 Å². The Kier molecular flexibility index (Phi) is 3.11. The summed E-state index contributed by atoms with van der Waals surface area (Å²) in [5.74, 6) is 0.840. The molecule has 0 spiro atoms. The third-order valence-corrected chi connectivity index (χ3v) is 4.03. The quantitative estimate of drug-likeness (QED) is 0.671. The van der Waals surface area contributed by atoms with E-state index in [9.17, 15) is 0 Å². The van der Waals surface area contributed by atoms with Crippen LogP contribution in [0, 0.1) is 13.8 Å². The Labute approximate surface area is 126 Å². The lowest BCUT2D eigenvalue weighted by Crippen LogP contribution is -1.98. The van der Waals surface area contributed by atoms with Crippen molar-refractivity contribution in [3.8, 4) is 5.69 Å². The molecule has 102 valence electrons. The van der Waals surface area contributed by atoms with Crippen molar-refractivity contribution in [1.82, 2.24) is 9.55 Å². The number of nitrogens with two attached hydrogens (primary N) is 1. The Hall–Kier alpha value is -1.71. The highest BCUT2D eigenvalue weighted by molar-refractivity contribution is 6.35. The summed E-state index contributed by atoms with van der Waals surface area (Å²) in [7, 11) is 0. The monoisotopic (exact) mass is 305 g/mol. The number of rotatable bonds is 1. The molecule has 0 saturated heterocycles. The molecule has 1 aromatic heterocycles. The van der Waals surface area contributed by atoms with E-state index in [4.69, 9.17) is 28.9 Å². The van der Waals surface area contributed by atoms with Crippen molar-refractivity contribution in [2.75, 3.05) is 5.73 Å². The molecule has 0 aliphatic heterocycles. The molecule has 5 heteroatoms. The Morgan fingerprint density at radius 3 is 2.55 bits per heavy atom. The van der Waals surface area contributed by atoms with Crippen LogP contribution in [0.5, 0.6) is 0 Å². The second-order valence-electron chi connectivity index (χ2n) is 4.80. The van der Waals surface area contributed by atoms with Crippen molar-refractivity contribution in [3.05, 3.63) is 51.8 Å². The minimum atomic E-state index is 0.645. The van der Waals surface area contributed by atoms with Gasteiger partial charge in [-0.15, -0.1) is 0 Å². The number of nitrogen functional groups attached to an aromatic ring is 1. The Morgan fingerprint density at radius 2 is 1.80 bits per heavy atom. The molecule has 0 aliphatic carbocycles. The van der Waals surface area contributed by atoms with Gasteiger partial charge in [-0.25, -0.2) is 4.98 Å². The fourth-order valence-electron chi connectivity index (χ4n) is 2.33. The molecule has 0 aliphatic rings. The molecule has 0 saturated carbocycles. The van der Waals surface area contributed by atoms with Crippen LogP contribution in [0.25, 0.3) is 16.7 Å². The van der Waals surface area contributed by atoms with Crippen LogP contribution in [0.4, 0.5) is 5.69 Å². The number of nitrogens with zero attached hydrogens (tertiary/aromatic N) is 2. The molecular weight excluding hydrogens is 293 g/mol. The number of hydrogen-bond donors (Lipinski definition) is 1. The number of benzene rings is 2. The second-order valence-corrected chi connectivity index (χ2v) is 5.61. The van der Waals surface area contributed by atoms with Crippen molar-refractivity contribution in [2.24, 2.45) is 0 Å². The summed E-state index contributed by atoms with van der Waals surface area (Å²) in [6, 6.07) is 9.37. The first-order chi connectivity index (χ1) is 9.47. The van der Waals surface area contributed by atoms with Crippen LogP contribution in [-0.4, -0.2) is 9.55 Å². The lowest BCUT2D eigenvalue weighted by molar-refractivity contribution is 1.00. The van der Waals surface area contributed by atoms with E-state index in [2.05, 4.69) is 4.98 Å². The maximum absolute atomic E-state index is 6.36. The van der Waals surface area contributed by atoms with Gasteiger partial charge in [-0.05, 0) is 49.7 Å². The molecule has 2 N–H and O–H groups in total. The van der Waals surface area contributed by atoms with Gasteiger partial charge in [0.15, 0.2) is 0 Å². The fraction of sp³-hybridized carbons (Fsp3) is 0.133. The number of halogens is 2. The highest BCUT2D eigenvalue weighted by Gasteiger charge is 2.13. The van der Waals surface area contributed by atoms with E-state index in [1.807, 2.05) is 48.7 Å². The average Bonchev–Trinajstić information content (AvgIpc) is 2.69. The number of fused-ring (bicyclic) bond motifs is 1. The highest BCUT2D eigenvalue weighted by atomic mass is 35.5. The van der Waals surface area contributed by atoms with Gasteiger partial charge in [-0.3, -0.25) is 4.57 Å². The SMILES string of the molecule is Cc1cc(Cl)c(-n2c(C)nc3cc(N)ccc32)cc1Cl. The van der Waals surface area contributed by atoms with E-state index >= 15 is 0 Å². The van der Waals surface area contributed by atoms with Gasteiger partial charge in [-0.1, -0.05) is 23.2 Å². The summed E-state index contributed by atoms with van der Waals surface area (Å²) in [5.41, 5.74) is 10.1. The molecule has 3 nitrogen and oxygen atoms in total. The molecular formula is C15H13Cl2N3. The van der Waals surface area contributed by atoms with Crippen molar-refractivity contribution >= 4 is 39.9 Å². The van der Waals surface area contributed by atoms with E-state index in [1.165, 1.54) is 0 Å². The van der Waals surface area contributed by atoms with Crippen molar-refractivity contribution in [3.63, 3.8) is 0 Å². The van der Waals surface area contributed by atoms with Crippen molar-refractivity contribution < 1.29 is 0 Å². The summed E-state index contributed by atoms with van der Waals surface area (Å²) in [6.07, 6.45) is 0. The normalized spacial score (nSPS) is 11.2. The van der Waals surface area contributed by atoms with E-state index < -0.39 is 0 Å². The molecule has 0 bridgehead atoms. The second kappa shape index (κ2) is 4.69. The van der Waals surface area contributed by atoms with E-state index in [0.717, 1.165) is 28.1 Å². The zero-order valence-corrected chi connectivity index (χ0v) is 12.6. The Morgan fingerprint density at radius 1 is 1.05 bits per heavy atom. The third-order valence-electron chi connectivity index (χ3n) is 3.32. The van der Waals surface area contributed by atoms with Crippen molar-refractivity contribution in [2.45, 2.75) is 13.8 Å². The maximum atomic E-state index is 6.36. The van der Waals surface area contributed by atoms with Gasteiger partial charge < -0.3 is 5.73 Å². The van der Waals surface area contributed by atoms with Gasteiger partial charge >= 0.3 is 0 Å². The maximum Gasteiger partial charge on any atom is 0.111 e. The van der Waals surface area contributed by atoms with Crippen LogP contribution in [0.1, 0.15) is 11.4 Å². The lowest BCUT2D eigenvalue weighted by Gasteiger charge is -2.11. The number of hydrogen-bond acceptors (Lipinski definition) is 2. The Bertz CT molecular complexity index is 822. The standard InChI is InChI=1S/C15H13Cl2N3/c1-8-5-12(17)15(7-11(8)16)20-9(2)19-13-6-10(18)3-4-14(13)20/h3-7H,18H2,1-2H3. The zero-order chi connectivity index (χ0) is 14.4. The molecule has 3 aromatic rings. The summed E-state index contributed by atoms with van der Waals surface area (Å²) in [5, 5.41) is 1.33. The summed E-state index contributed by atoms with van der Waals surface area (Å²) in [4.78, 5) is 4.52. The van der Waals surface area contributed by atoms with Gasteiger partial charge in [0, 0.05) is 10.7 Å². The largest absolute Gasteiger partial charge is 0.399 e. The van der Waals surface area contributed by atoms with Crippen LogP contribution in [0.2, 0.25) is 10.0 Å². The van der Waals surface area contributed by atoms with Crippen LogP contribution >= 0.6 is 23.2 Å². The van der Waals surface area contributed by atoms with Gasteiger partial charge in [0.2, 0.25) is 0 Å². The molecule has 1 heterocycles. The van der Waals surface area contributed by atoms with E-state index in [0.29, 0.717) is 15.7 Å². The number of aryl methyl sites for hydroxylation is 2. The molecule has 0 amide bonds. The minimum absolute atomic E-state index is 0.645. The first-order valence-corrected chi connectivity index (χ1v) is 6.93. The van der Waals surface area contributed by atoms with Gasteiger partial charge in [0.1, 0.15) is 5.82 Å². The lowest BCUT2D eigenvalue weighted by atomic mass is 10.2. The van der Waals surface area contributed by atoms with Crippen LogP contribution < -0.4 is 5.73 Å². The van der Waals surface area contributed by atoms with E-state index in [-0.39, 0.29) is 0 Å². The Balaban J connectivity index is 2.35. The smallest absolute Gasteiger partial charge is 0.111 e. The first kappa shape index (κ1) is 13.3. The average molecular weight is 306 g/mol. The first-order valence-electron chi connectivity index (χ1n) is 6.18. The highest BCUT2D eigenvalue weighted by Crippen LogP contribution is 2.31. The molecule has 0 fully saturated rings. The van der Waals surface area contributed by atoms with Gasteiger partial charge in [0.25, 0.3) is 0 Å². The number of anilines is 1. The molecule has 0 atom stereocenters. The van der Waals surface area contributed by atoms with Crippen molar-refractivity contribution in [1.29, 1.82) is 0 Å². The van der Waals surface area contributed by atoms with Crippen LogP contribution in [-0.2, 0) is 0 Å². The van der Waals surface area contributed by atoms with Crippen LogP contribution in [0.3, 0.4) is 0 Å². The van der Waals surface area contributed by atoms with Crippen LogP contribution in [0.15, 0.2) is 30.3 Å².